The summed E-state index contributed by atoms with van der Waals surface area (Å²) in [6, 6.07) is 4.99. The summed E-state index contributed by atoms with van der Waals surface area (Å²) in [7, 11) is 0. The summed E-state index contributed by atoms with van der Waals surface area (Å²) < 4.78 is 5.32. The fourth-order valence-electron chi connectivity index (χ4n) is 1.64. The molecule has 1 heterocycles. The van der Waals surface area contributed by atoms with Gasteiger partial charge >= 0.3 is 0 Å². The molecule has 100 valence electrons. The van der Waals surface area contributed by atoms with Crippen LogP contribution in [-0.4, -0.2) is 22.5 Å². The summed E-state index contributed by atoms with van der Waals surface area (Å²) in [5.74, 6) is 0.400. The Bertz CT molecular complexity index is 552. The first kappa shape index (κ1) is 12.9. The van der Waals surface area contributed by atoms with Gasteiger partial charge in [0.15, 0.2) is 0 Å². The minimum atomic E-state index is -0.190. The van der Waals surface area contributed by atoms with E-state index in [1.54, 1.807) is 30.7 Å². The Morgan fingerprint density at radius 3 is 3.00 bits per heavy atom. The number of rotatable bonds is 5. The van der Waals surface area contributed by atoms with Crippen LogP contribution in [0.1, 0.15) is 23.0 Å². The van der Waals surface area contributed by atoms with E-state index < -0.39 is 0 Å². The zero-order valence-corrected chi connectivity index (χ0v) is 10.6. The van der Waals surface area contributed by atoms with E-state index in [1.807, 2.05) is 6.92 Å². The van der Waals surface area contributed by atoms with E-state index in [4.69, 9.17) is 10.5 Å². The molecule has 0 unspecified atom stereocenters. The van der Waals surface area contributed by atoms with Gasteiger partial charge in [0.1, 0.15) is 5.75 Å². The van der Waals surface area contributed by atoms with E-state index in [0.717, 1.165) is 5.69 Å². The molecule has 0 saturated carbocycles. The number of nitrogens with two attached hydrogens (primary N) is 1. The topological polar surface area (TPSA) is 93.0 Å². The van der Waals surface area contributed by atoms with Crippen molar-refractivity contribution in [2.75, 3.05) is 12.3 Å². The minimum absolute atomic E-state index is 0.190. The number of hydrogen-bond acceptors (Lipinski definition) is 4. The van der Waals surface area contributed by atoms with E-state index >= 15 is 0 Å². The smallest absolute Gasteiger partial charge is 0.251 e. The molecule has 1 aromatic heterocycles. The molecule has 0 spiro atoms. The number of H-pyrrole nitrogens is 1. The Morgan fingerprint density at radius 2 is 2.37 bits per heavy atom. The average molecular weight is 260 g/mol. The molecule has 2 rings (SSSR count). The van der Waals surface area contributed by atoms with E-state index in [2.05, 4.69) is 15.3 Å². The molecular weight excluding hydrogens is 244 g/mol. The van der Waals surface area contributed by atoms with Crippen molar-refractivity contribution in [1.29, 1.82) is 0 Å². The van der Waals surface area contributed by atoms with Gasteiger partial charge in [-0.25, -0.2) is 4.98 Å². The van der Waals surface area contributed by atoms with Crippen molar-refractivity contribution in [2.45, 2.75) is 13.5 Å². The molecular formula is C13H16N4O2. The first-order valence-electron chi connectivity index (χ1n) is 5.98. The van der Waals surface area contributed by atoms with Crippen molar-refractivity contribution in [2.24, 2.45) is 0 Å². The van der Waals surface area contributed by atoms with Crippen LogP contribution in [0.5, 0.6) is 5.75 Å². The van der Waals surface area contributed by atoms with Crippen LogP contribution in [0.2, 0.25) is 0 Å². The third kappa shape index (κ3) is 3.25. The van der Waals surface area contributed by atoms with E-state index in [0.29, 0.717) is 30.2 Å². The van der Waals surface area contributed by atoms with Crippen molar-refractivity contribution in [3.63, 3.8) is 0 Å². The quantitative estimate of drug-likeness (QED) is 0.707. The number of amides is 1. The lowest BCUT2D eigenvalue weighted by Crippen LogP contribution is -2.23. The Labute approximate surface area is 111 Å². The van der Waals surface area contributed by atoms with Gasteiger partial charge in [-0.2, -0.15) is 0 Å². The summed E-state index contributed by atoms with van der Waals surface area (Å²) in [5, 5.41) is 2.77. The molecule has 4 N–H and O–H groups in total. The SMILES string of the molecule is CCOc1ccc(C(=O)NCc2cnc[nH]2)cc1N. The van der Waals surface area contributed by atoms with Gasteiger partial charge in [-0.1, -0.05) is 0 Å². The first-order chi connectivity index (χ1) is 9.20. The first-order valence-corrected chi connectivity index (χ1v) is 5.98. The van der Waals surface area contributed by atoms with Crippen molar-refractivity contribution in [3.05, 3.63) is 42.0 Å². The largest absolute Gasteiger partial charge is 0.492 e. The second kappa shape index (κ2) is 5.90. The van der Waals surface area contributed by atoms with Crippen molar-refractivity contribution in [3.8, 4) is 5.75 Å². The fraction of sp³-hybridized carbons (Fsp3) is 0.231. The van der Waals surface area contributed by atoms with Crippen LogP contribution in [0, 0.1) is 0 Å². The van der Waals surface area contributed by atoms with Gasteiger partial charge in [-0.15, -0.1) is 0 Å². The number of nitrogens with zero attached hydrogens (tertiary/aromatic N) is 1. The molecule has 0 saturated heterocycles. The van der Waals surface area contributed by atoms with Crippen LogP contribution in [-0.2, 0) is 6.54 Å². The lowest BCUT2D eigenvalue weighted by atomic mass is 10.1. The van der Waals surface area contributed by atoms with Gasteiger partial charge in [-0.3, -0.25) is 4.79 Å². The highest BCUT2D eigenvalue weighted by atomic mass is 16.5. The van der Waals surface area contributed by atoms with Crippen molar-refractivity contribution < 1.29 is 9.53 Å². The van der Waals surface area contributed by atoms with Crippen molar-refractivity contribution >= 4 is 11.6 Å². The third-order valence-electron chi connectivity index (χ3n) is 2.57. The second-order valence-electron chi connectivity index (χ2n) is 3.95. The number of ether oxygens (including phenoxy) is 1. The van der Waals surface area contributed by atoms with Gasteiger partial charge in [0.05, 0.1) is 30.9 Å². The molecule has 19 heavy (non-hydrogen) atoms. The van der Waals surface area contributed by atoms with Crippen LogP contribution < -0.4 is 15.8 Å². The number of hydrogen-bond donors (Lipinski definition) is 3. The number of imidazole rings is 1. The number of benzene rings is 1. The van der Waals surface area contributed by atoms with E-state index in [-0.39, 0.29) is 5.91 Å². The Kier molecular flexibility index (Phi) is 4.02. The molecule has 0 aliphatic heterocycles. The zero-order valence-electron chi connectivity index (χ0n) is 10.6. The molecule has 6 heteroatoms. The number of nitrogen functional groups attached to an aromatic ring is 1. The minimum Gasteiger partial charge on any atom is -0.492 e. The monoisotopic (exact) mass is 260 g/mol. The highest BCUT2D eigenvalue weighted by molar-refractivity contribution is 5.95. The zero-order chi connectivity index (χ0) is 13.7. The van der Waals surface area contributed by atoms with Crippen molar-refractivity contribution in [1.82, 2.24) is 15.3 Å². The van der Waals surface area contributed by atoms with Gasteiger partial charge in [0, 0.05) is 11.8 Å². The lowest BCUT2D eigenvalue weighted by Gasteiger charge is -2.09. The second-order valence-corrected chi connectivity index (χ2v) is 3.95. The Morgan fingerprint density at radius 1 is 1.53 bits per heavy atom. The standard InChI is InChI=1S/C13H16N4O2/c1-2-19-12-4-3-9(5-11(12)14)13(18)16-7-10-6-15-8-17-10/h3-6,8H,2,7,14H2,1H3,(H,15,17)(H,16,18). The van der Waals surface area contributed by atoms with Gasteiger partial charge < -0.3 is 20.8 Å². The molecule has 0 aliphatic rings. The Hall–Kier alpha value is -2.50. The summed E-state index contributed by atoms with van der Waals surface area (Å²) >= 11 is 0. The molecule has 0 fully saturated rings. The summed E-state index contributed by atoms with van der Waals surface area (Å²) in [4.78, 5) is 18.7. The highest BCUT2D eigenvalue weighted by Crippen LogP contribution is 2.22. The average Bonchev–Trinajstić information content (AvgIpc) is 2.91. The molecule has 2 aromatic rings. The van der Waals surface area contributed by atoms with Crippen LogP contribution in [0.15, 0.2) is 30.7 Å². The van der Waals surface area contributed by atoms with E-state index in [1.165, 1.54) is 0 Å². The van der Waals surface area contributed by atoms with Crippen LogP contribution in [0.4, 0.5) is 5.69 Å². The number of carbonyl (C=O) groups excluding carboxylic acids is 1. The van der Waals surface area contributed by atoms with Gasteiger partial charge in [0.25, 0.3) is 5.91 Å². The molecule has 6 nitrogen and oxygen atoms in total. The molecule has 0 atom stereocenters. The molecule has 0 bridgehead atoms. The predicted molar refractivity (Wildman–Crippen MR) is 71.8 cm³/mol. The molecule has 0 aliphatic carbocycles. The maximum absolute atomic E-state index is 11.9. The van der Waals surface area contributed by atoms with E-state index in [9.17, 15) is 4.79 Å². The van der Waals surface area contributed by atoms with Gasteiger partial charge in [-0.05, 0) is 25.1 Å². The summed E-state index contributed by atoms with van der Waals surface area (Å²) in [5.41, 5.74) is 7.61. The predicted octanol–water partition coefficient (Wildman–Crippen LogP) is 1.32. The highest BCUT2D eigenvalue weighted by Gasteiger charge is 2.08. The lowest BCUT2D eigenvalue weighted by molar-refractivity contribution is 0.0950. The normalized spacial score (nSPS) is 10.2. The third-order valence-corrected chi connectivity index (χ3v) is 2.57. The fourth-order valence-corrected chi connectivity index (χ4v) is 1.64. The number of aromatic amines is 1. The number of aromatic nitrogens is 2. The number of carbonyl (C=O) groups is 1. The summed E-state index contributed by atoms with van der Waals surface area (Å²) in [6.45, 7) is 2.81. The van der Waals surface area contributed by atoms with Gasteiger partial charge in [0.2, 0.25) is 0 Å². The maximum atomic E-state index is 11.9. The van der Waals surface area contributed by atoms with Crippen LogP contribution >= 0.6 is 0 Å². The molecule has 0 radical (unpaired) electrons. The maximum Gasteiger partial charge on any atom is 0.251 e. The van der Waals surface area contributed by atoms with Crippen LogP contribution in [0.3, 0.4) is 0 Å². The number of anilines is 1. The molecule has 1 amide bonds. The Balaban J connectivity index is 2.01. The molecule has 1 aromatic carbocycles. The van der Waals surface area contributed by atoms with Crippen LogP contribution in [0.25, 0.3) is 0 Å². The summed E-state index contributed by atoms with van der Waals surface area (Å²) in [6.07, 6.45) is 3.23. The number of nitrogens with one attached hydrogen (secondary N) is 2.